The molecule has 0 spiro atoms. The molecule has 1 rings (SSSR count). The highest BCUT2D eigenvalue weighted by Gasteiger charge is 2.38. The molecule has 3 nitrogen and oxygen atoms in total. The zero-order valence-electron chi connectivity index (χ0n) is 6.59. The maximum Gasteiger partial charge on any atom is 0.315 e. The van der Waals surface area contributed by atoms with E-state index >= 15 is 0 Å². The quantitative estimate of drug-likeness (QED) is 0.577. The van der Waals surface area contributed by atoms with Gasteiger partial charge in [-0.15, -0.1) is 0 Å². The standard InChI is InChI=1S/C8H12O3/c1-6-3-4-11-5-8(6,2)7(9)10/h1,3-5H2,2H3,(H,9,10). The van der Waals surface area contributed by atoms with E-state index < -0.39 is 11.4 Å². The first-order chi connectivity index (χ1) is 5.07. The lowest BCUT2D eigenvalue weighted by atomic mass is 9.81. The molecule has 0 aromatic rings. The number of hydrogen-bond acceptors (Lipinski definition) is 2. The van der Waals surface area contributed by atoms with Crippen LogP contribution in [-0.2, 0) is 9.53 Å². The maximum absolute atomic E-state index is 10.7. The van der Waals surface area contributed by atoms with Gasteiger partial charge in [-0.25, -0.2) is 0 Å². The summed E-state index contributed by atoms with van der Waals surface area (Å²) in [4.78, 5) is 10.7. The number of rotatable bonds is 1. The maximum atomic E-state index is 10.7. The first-order valence-corrected chi connectivity index (χ1v) is 3.57. The zero-order valence-corrected chi connectivity index (χ0v) is 6.59. The van der Waals surface area contributed by atoms with Gasteiger partial charge >= 0.3 is 5.97 Å². The highest BCUT2D eigenvalue weighted by atomic mass is 16.5. The molecule has 1 fully saturated rings. The second-order valence-corrected chi connectivity index (χ2v) is 3.04. The SMILES string of the molecule is C=C1CCOCC1(C)C(=O)O. The van der Waals surface area contributed by atoms with Gasteiger partial charge in [-0.05, 0) is 13.3 Å². The van der Waals surface area contributed by atoms with Crippen molar-refractivity contribution in [2.75, 3.05) is 13.2 Å². The van der Waals surface area contributed by atoms with Crippen molar-refractivity contribution in [2.45, 2.75) is 13.3 Å². The van der Waals surface area contributed by atoms with Crippen molar-refractivity contribution in [3.05, 3.63) is 12.2 Å². The van der Waals surface area contributed by atoms with E-state index in [1.54, 1.807) is 6.92 Å². The van der Waals surface area contributed by atoms with Crippen molar-refractivity contribution < 1.29 is 14.6 Å². The van der Waals surface area contributed by atoms with Crippen molar-refractivity contribution in [2.24, 2.45) is 5.41 Å². The fraction of sp³-hybridized carbons (Fsp3) is 0.625. The Morgan fingerprint density at radius 2 is 2.45 bits per heavy atom. The van der Waals surface area contributed by atoms with E-state index in [4.69, 9.17) is 9.84 Å². The molecule has 1 atom stereocenters. The molecule has 1 aliphatic rings. The van der Waals surface area contributed by atoms with Gasteiger partial charge in [-0.3, -0.25) is 4.79 Å². The van der Waals surface area contributed by atoms with Gasteiger partial charge in [-0.1, -0.05) is 12.2 Å². The van der Waals surface area contributed by atoms with Crippen LogP contribution in [0.5, 0.6) is 0 Å². The summed E-state index contributed by atoms with van der Waals surface area (Å²) in [7, 11) is 0. The first-order valence-electron chi connectivity index (χ1n) is 3.57. The number of aliphatic carboxylic acids is 1. The molecule has 1 N–H and O–H groups in total. The molecule has 11 heavy (non-hydrogen) atoms. The third-order valence-corrected chi connectivity index (χ3v) is 2.19. The van der Waals surface area contributed by atoms with Crippen LogP contribution < -0.4 is 0 Å². The number of ether oxygens (including phenoxy) is 1. The minimum atomic E-state index is -0.863. The van der Waals surface area contributed by atoms with E-state index in [9.17, 15) is 4.79 Å². The molecule has 0 saturated carbocycles. The van der Waals surface area contributed by atoms with Gasteiger partial charge in [0.2, 0.25) is 0 Å². The molecule has 0 amide bonds. The Morgan fingerprint density at radius 3 is 2.82 bits per heavy atom. The molecule has 0 aliphatic carbocycles. The van der Waals surface area contributed by atoms with Crippen LogP contribution in [0.15, 0.2) is 12.2 Å². The molecule has 0 bridgehead atoms. The molecule has 0 aromatic heterocycles. The fourth-order valence-corrected chi connectivity index (χ4v) is 1.06. The minimum absolute atomic E-state index is 0.251. The van der Waals surface area contributed by atoms with Crippen molar-refractivity contribution >= 4 is 5.97 Å². The van der Waals surface area contributed by atoms with E-state index in [1.807, 2.05) is 0 Å². The van der Waals surface area contributed by atoms with Crippen LogP contribution in [0.2, 0.25) is 0 Å². The lowest BCUT2D eigenvalue weighted by Gasteiger charge is -2.31. The van der Waals surface area contributed by atoms with Gasteiger partial charge in [0.15, 0.2) is 0 Å². The van der Waals surface area contributed by atoms with Gasteiger partial charge < -0.3 is 9.84 Å². The number of carbonyl (C=O) groups is 1. The normalized spacial score (nSPS) is 31.9. The molecule has 0 aromatic carbocycles. The minimum Gasteiger partial charge on any atom is -0.481 e. The third-order valence-electron chi connectivity index (χ3n) is 2.19. The smallest absolute Gasteiger partial charge is 0.315 e. The summed E-state index contributed by atoms with van der Waals surface area (Å²) in [6.07, 6.45) is 0.656. The molecule has 3 heteroatoms. The summed E-state index contributed by atoms with van der Waals surface area (Å²) < 4.78 is 5.08. The summed E-state index contributed by atoms with van der Waals surface area (Å²) in [6.45, 7) is 6.23. The second-order valence-electron chi connectivity index (χ2n) is 3.04. The topological polar surface area (TPSA) is 46.5 Å². The molecule has 1 heterocycles. The predicted octanol–water partition coefficient (Wildman–Crippen LogP) is 1.05. The lowest BCUT2D eigenvalue weighted by molar-refractivity contribution is -0.150. The van der Waals surface area contributed by atoms with Crippen molar-refractivity contribution in [3.8, 4) is 0 Å². The molecule has 1 aliphatic heterocycles. The van der Waals surface area contributed by atoms with Crippen LogP contribution in [0.1, 0.15) is 13.3 Å². The van der Waals surface area contributed by atoms with Crippen molar-refractivity contribution in [1.82, 2.24) is 0 Å². The highest BCUT2D eigenvalue weighted by Crippen LogP contribution is 2.32. The van der Waals surface area contributed by atoms with E-state index in [2.05, 4.69) is 6.58 Å². The number of carboxylic acid groups (broad SMARTS) is 1. The summed E-state index contributed by atoms with van der Waals surface area (Å²) in [5.74, 6) is -0.845. The van der Waals surface area contributed by atoms with Crippen LogP contribution in [0.25, 0.3) is 0 Å². The zero-order chi connectivity index (χ0) is 8.48. The largest absolute Gasteiger partial charge is 0.481 e. The van der Waals surface area contributed by atoms with E-state index in [0.29, 0.717) is 13.0 Å². The summed E-state index contributed by atoms with van der Waals surface area (Å²) in [5, 5.41) is 8.83. The molecular formula is C8H12O3. The Labute approximate surface area is 65.7 Å². The van der Waals surface area contributed by atoms with Crippen molar-refractivity contribution in [1.29, 1.82) is 0 Å². The van der Waals surface area contributed by atoms with Gasteiger partial charge in [0.05, 0.1) is 13.2 Å². The molecule has 0 radical (unpaired) electrons. The van der Waals surface area contributed by atoms with Gasteiger partial charge in [0.25, 0.3) is 0 Å². The predicted molar refractivity (Wildman–Crippen MR) is 40.3 cm³/mol. The number of carboxylic acids is 1. The Morgan fingerprint density at radius 1 is 1.82 bits per heavy atom. The Balaban J connectivity index is 2.81. The Bertz CT molecular complexity index is 198. The van der Waals surface area contributed by atoms with Gasteiger partial charge in [0.1, 0.15) is 5.41 Å². The monoisotopic (exact) mass is 156 g/mol. The number of hydrogen-bond donors (Lipinski definition) is 1. The summed E-state index contributed by atoms with van der Waals surface area (Å²) in [6, 6.07) is 0. The summed E-state index contributed by atoms with van der Waals surface area (Å²) >= 11 is 0. The van der Waals surface area contributed by atoms with Gasteiger partial charge in [-0.2, -0.15) is 0 Å². The van der Waals surface area contributed by atoms with E-state index in [1.165, 1.54) is 0 Å². The van der Waals surface area contributed by atoms with Crippen LogP contribution in [0.4, 0.5) is 0 Å². The third kappa shape index (κ3) is 1.28. The fourth-order valence-electron chi connectivity index (χ4n) is 1.06. The van der Waals surface area contributed by atoms with Crippen LogP contribution in [-0.4, -0.2) is 24.3 Å². The van der Waals surface area contributed by atoms with Crippen LogP contribution in [0.3, 0.4) is 0 Å². The average molecular weight is 156 g/mol. The Kier molecular flexibility index (Phi) is 2.00. The molecule has 62 valence electrons. The van der Waals surface area contributed by atoms with E-state index in [-0.39, 0.29) is 6.61 Å². The van der Waals surface area contributed by atoms with Crippen LogP contribution in [0, 0.1) is 5.41 Å². The van der Waals surface area contributed by atoms with Crippen molar-refractivity contribution in [3.63, 3.8) is 0 Å². The first kappa shape index (κ1) is 8.27. The molecule has 1 saturated heterocycles. The van der Waals surface area contributed by atoms with E-state index in [0.717, 1.165) is 5.57 Å². The van der Waals surface area contributed by atoms with Gasteiger partial charge in [0, 0.05) is 0 Å². The lowest BCUT2D eigenvalue weighted by Crippen LogP contribution is -2.38. The Hall–Kier alpha value is -0.830. The van der Waals surface area contributed by atoms with Crippen LogP contribution >= 0.6 is 0 Å². The molecule has 1 unspecified atom stereocenters. The molecular weight excluding hydrogens is 144 g/mol. The average Bonchev–Trinajstić information content (AvgIpc) is 1.95. The second kappa shape index (κ2) is 2.66. The highest BCUT2D eigenvalue weighted by molar-refractivity contribution is 5.78. The summed E-state index contributed by atoms with van der Waals surface area (Å²) in [5.41, 5.74) is -0.102.